The van der Waals surface area contributed by atoms with Crippen molar-refractivity contribution in [3.63, 3.8) is 0 Å². The van der Waals surface area contributed by atoms with E-state index in [0.717, 1.165) is 0 Å². The zero-order chi connectivity index (χ0) is 11.4. The summed E-state index contributed by atoms with van der Waals surface area (Å²) in [4.78, 5) is 20.7. The van der Waals surface area contributed by atoms with Gasteiger partial charge in [0, 0.05) is 12.1 Å². The number of rotatable bonds is 4. The smallest absolute Gasteiger partial charge is 0.325 e. The van der Waals surface area contributed by atoms with Crippen LogP contribution in [-0.4, -0.2) is 23.0 Å². The fraction of sp³-hybridized carbons (Fsp3) is 0.222. The van der Waals surface area contributed by atoms with Crippen LogP contribution in [0.1, 0.15) is 11.6 Å². The first-order valence-corrected chi connectivity index (χ1v) is 4.20. The van der Waals surface area contributed by atoms with Gasteiger partial charge in [0.05, 0.1) is 4.92 Å². The van der Waals surface area contributed by atoms with Crippen LogP contribution in [-0.2, 0) is 4.79 Å². The van der Waals surface area contributed by atoms with Gasteiger partial charge in [-0.05, 0) is 12.6 Å². The van der Waals surface area contributed by atoms with E-state index in [0.29, 0.717) is 5.56 Å². The van der Waals surface area contributed by atoms with Gasteiger partial charge in [0.15, 0.2) is 0 Å². The number of hydrogen-bond acceptors (Lipinski definition) is 4. The molecule has 0 heterocycles. The van der Waals surface area contributed by atoms with Crippen molar-refractivity contribution in [2.24, 2.45) is 0 Å². The van der Waals surface area contributed by atoms with Gasteiger partial charge in [0.2, 0.25) is 0 Å². The van der Waals surface area contributed by atoms with Crippen LogP contribution in [0.4, 0.5) is 5.69 Å². The van der Waals surface area contributed by atoms with Gasteiger partial charge in [-0.1, -0.05) is 12.1 Å². The van der Waals surface area contributed by atoms with E-state index in [9.17, 15) is 14.9 Å². The summed E-state index contributed by atoms with van der Waals surface area (Å²) in [6.07, 6.45) is 0. The molecule has 0 aliphatic rings. The third-order valence-electron chi connectivity index (χ3n) is 1.95. The number of nitrogens with zero attached hydrogens (tertiary/aromatic N) is 1. The number of carboxylic acids is 1. The summed E-state index contributed by atoms with van der Waals surface area (Å²) in [6.45, 7) is 0. The highest BCUT2D eigenvalue weighted by molar-refractivity contribution is 5.85. The number of non-ortho nitro benzene ring substituents is 1. The minimum Gasteiger partial charge on any atom is -0.480 e. The first-order chi connectivity index (χ1) is 7.06. The summed E-state index contributed by atoms with van der Waals surface area (Å²) in [7, 11) is 1.48. The van der Waals surface area contributed by atoms with E-state index in [2.05, 4.69) is 5.32 Å². The first-order valence-electron chi connectivity index (χ1n) is 4.20. The minimum atomic E-state index is -1.07. The molecule has 0 aliphatic heterocycles. The molecule has 0 saturated heterocycles. The van der Waals surface area contributed by atoms with Crippen LogP contribution in [0.2, 0.25) is 0 Å². The molecule has 0 aliphatic carbocycles. The molecule has 88 valence electrons. The lowest BCUT2D eigenvalue weighted by molar-refractivity contribution is -0.384. The normalized spacial score (nSPS) is 11.3. The van der Waals surface area contributed by atoms with Crippen molar-refractivity contribution in [1.29, 1.82) is 0 Å². The Bertz CT molecular complexity index is 397. The van der Waals surface area contributed by atoms with Crippen LogP contribution in [0.25, 0.3) is 0 Å². The van der Waals surface area contributed by atoms with Gasteiger partial charge < -0.3 is 10.4 Å². The molecule has 2 N–H and O–H groups in total. The van der Waals surface area contributed by atoms with Crippen molar-refractivity contribution in [1.82, 2.24) is 5.32 Å². The molecule has 1 rings (SSSR count). The average Bonchev–Trinajstić information content (AvgIpc) is 2.18. The Kier molecular flexibility index (Phi) is 5.41. The molecule has 7 heteroatoms. The quantitative estimate of drug-likeness (QED) is 0.618. The predicted molar refractivity (Wildman–Crippen MR) is 59.8 cm³/mol. The fourth-order valence-corrected chi connectivity index (χ4v) is 1.25. The number of benzene rings is 1. The Morgan fingerprint density at radius 1 is 1.56 bits per heavy atom. The van der Waals surface area contributed by atoms with Gasteiger partial charge in [-0.3, -0.25) is 14.9 Å². The van der Waals surface area contributed by atoms with E-state index >= 15 is 0 Å². The Balaban J connectivity index is 0.00000225. The molecule has 1 unspecified atom stereocenters. The SMILES string of the molecule is CNC(C(=O)O)c1cccc([N+](=O)[O-])c1.Cl. The lowest BCUT2D eigenvalue weighted by Crippen LogP contribution is -2.24. The second kappa shape index (κ2) is 6.04. The highest BCUT2D eigenvalue weighted by atomic mass is 35.5. The van der Waals surface area contributed by atoms with Crippen molar-refractivity contribution in [3.05, 3.63) is 39.9 Å². The van der Waals surface area contributed by atoms with Crippen molar-refractivity contribution in [2.45, 2.75) is 6.04 Å². The highest BCUT2D eigenvalue weighted by Crippen LogP contribution is 2.19. The Morgan fingerprint density at radius 2 is 2.19 bits per heavy atom. The summed E-state index contributed by atoms with van der Waals surface area (Å²) < 4.78 is 0. The van der Waals surface area contributed by atoms with Gasteiger partial charge in [-0.15, -0.1) is 12.4 Å². The van der Waals surface area contributed by atoms with Crippen molar-refractivity contribution < 1.29 is 14.8 Å². The van der Waals surface area contributed by atoms with Crippen LogP contribution in [0.5, 0.6) is 0 Å². The van der Waals surface area contributed by atoms with Crippen LogP contribution < -0.4 is 5.32 Å². The second-order valence-electron chi connectivity index (χ2n) is 2.91. The maximum Gasteiger partial charge on any atom is 0.325 e. The number of hydrogen-bond donors (Lipinski definition) is 2. The number of carbonyl (C=O) groups is 1. The summed E-state index contributed by atoms with van der Waals surface area (Å²) >= 11 is 0. The number of aliphatic carboxylic acids is 1. The molecule has 0 radical (unpaired) electrons. The highest BCUT2D eigenvalue weighted by Gasteiger charge is 2.19. The summed E-state index contributed by atoms with van der Waals surface area (Å²) in [6, 6.07) is 4.63. The van der Waals surface area contributed by atoms with Gasteiger partial charge in [-0.2, -0.15) is 0 Å². The maximum atomic E-state index is 10.8. The van der Waals surface area contributed by atoms with E-state index in [1.807, 2.05) is 0 Å². The molecule has 6 nitrogen and oxygen atoms in total. The molecule has 0 bridgehead atoms. The molecule has 0 fully saturated rings. The van der Waals surface area contributed by atoms with Crippen molar-refractivity contribution in [3.8, 4) is 0 Å². The standard InChI is InChI=1S/C9H10N2O4.ClH/c1-10-8(9(12)13)6-3-2-4-7(5-6)11(14)15;/h2-5,8,10H,1H3,(H,12,13);1H. The largest absolute Gasteiger partial charge is 0.480 e. The minimum absolute atomic E-state index is 0. The van der Waals surface area contributed by atoms with Crippen LogP contribution >= 0.6 is 12.4 Å². The van der Waals surface area contributed by atoms with Crippen LogP contribution in [0.3, 0.4) is 0 Å². The Hall–Kier alpha value is -1.66. The Morgan fingerprint density at radius 3 is 2.62 bits per heavy atom. The third-order valence-corrected chi connectivity index (χ3v) is 1.95. The number of likely N-dealkylation sites (N-methyl/N-ethyl adjacent to an activating group) is 1. The van der Waals surface area contributed by atoms with E-state index < -0.39 is 16.9 Å². The summed E-state index contributed by atoms with van der Waals surface area (Å²) in [5, 5.41) is 21.9. The summed E-state index contributed by atoms with van der Waals surface area (Å²) in [5.74, 6) is -1.07. The van der Waals surface area contributed by atoms with Crippen LogP contribution in [0, 0.1) is 10.1 Å². The van der Waals surface area contributed by atoms with E-state index in [1.165, 1.54) is 31.3 Å². The van der Waals surface area contributed by atoms with E-state index in [4.69, 9.17) is 5.11 Å². The lowest BCUT2D eigenvalue weighted by Gasteiger charge is -2.10. The van der Waals surface area contributed by atoms with E-state index in [-0.39, 0.29) is 18.1 Å². The first kappa shape index (κ1) is 14.3. The van der Waals surface area contributed by atoms with Crippen molar-refractivity contribution in [2.75, 3.05) is 7.05 Å². The Labute approximate surface area is 97.8 Å². The lowest BCUT2D eigenvalue weighted by atomic mass is 10.1. The van der Waals surface area contributed by atoms with Gasteiger partial charge in [0.25, 0.3) is 5.69 Å². The molecule has 0 spiro atoms. The molecule has 0 amide bonds. The average molecular weight is 247 g/mol. The molecular formula is C9H11ClN2O4. The zero-order valence-electron chi connectivity index (χ0n) is 8.41. The number of nitro groups is 1. The predicted octanol–water partition coefficient (Wildman–Crippen LogP) is 1.36. The van der Waals surface area contributed by atoms with Gasteiger partial charge >= 0.3 is 5.97 Å². The molecular weight excluding hydrogens is 236 g/mol. The molecule has 0 saturated carbocycles. The molecule has 1 aromatic carbocycles. The molecule has 1 aromatic rings. The number of halogens is 1. The van der Waals surface area contributed by atoms with Crippen LogP contribution in [0.15, 0.2) is 24.3 Å². The maximum absolute atomic E-state index is 10.8. The third kappa shape index (κ3) is 3.18. The monoisotopic (exact) mass is 246 g/mol. The molecule has 16 heavy (non-hydrogen) atoms. The van der Waals surface area contributed by atoms with Crippen molar-refractivity contribution >= 4 is 24.1 Å². The second-order valence-corrected chi connectivity index (χ2v) is 2.91. The van der Waals surface area contributed by atoms with Gasteiger partial charge in [-0.25, -0.2) is 0 Å². The van der Waals surface area contributed by atoms with E-state index in [1.54, 1.807) is 0 Å². The fourth-order valence-electron chi connectivity index (χ4n) is 1.25. The topological polar surface area (TPSA) is 92.5 Å². The number of nitrogens with one attached hydrogen (secondary N) is 1. The zero-order valence-corrected chi connectivity index (χ0v) is 9.23. The molecule has 1 atom stereocenters. The summed E-state index contributed by atoms with van der Waals surface area (Å²) in [5.41, 5.74) is 0.244. The number of nitro benzene ring substituents is 1. The number of carboxylic acid groups (broad SMARTS) is 1. The molecule has 0 aromatic heterocycles. The van der Waals surface area contributed by atoms with Gasteiger partial charge in [0.1, 0.15) is 6.04 Å².